The first kappa shape index (κ1) is 9.13. The molecule has 58 valence electrons. The first-order valence-corrected chi connectivity index (χ1v) is 2.98. The van der Waals surface area contributed by atoms with Gasteiger partial charge in [-0.05, 0) is 6.92 Å². The van der Waals surface area contributed by atoms with E-state index in [1.807, 2.05) is 0 Å². The summed E-state index contributed by atoms with van der Waals surface area (Å²) < 4.78 is 0. The van der Waals surface area contributed by atoms with Gasteiger partial charge in [0.1, 0.15) is 0 Å². The Bertz CT molecular complexity index is 154. The Morgan fingerprint density at radius 3 is 2.40 bits per heavy atom. The van der Waals surface area contributed by atoms with Crippen molar-refractivity contribution in [3.05, 3.63) is 11.6 Å². The molecular weight excluding hydrogens is 132 g/mol. The second kappa shape index (κ2) is 4.03. The summed E-state index contributed by atoms with van der Waals surface area (Å²) in [6.45, 7) is 1.78. The van der Waals surface area contributed by atoms with E-state index in [0.717, 1.165) is 0 Å². The third-order valence-electron chi connectivity index (χ3n) is 1.21. The van der Waals surface area contributed by atoms with E-state index in [0.29, 0.717) is 0 Å². The number of hydrogen-bond donors (Lipinski definition) is 3. The summed E-state index contributed by atoms with van der Waals surface area (Å²) in [7, 11) is 0. The van der Waals surface area contributed by atoms with Gasteiger partial charge in [-0.3, -0.25) is 0 Å². The van der Waals surface area contributed by atoms with E-state index in [4.69, 9.17) is 16.6 Å². The van der Waals surface area contributed by atoms with E-state index in [9.17, 15) is 4.79 Å². The number of allylic oxidation sites excluding steroid dienone is 1. The van der Waals surface area contributed by atoms with Crippen LogP contribution in [0.25, 0.3) is 0 Å². The zero-order valence-corrected chi connectivity index (χ0v) is 5.87. The Labute approximate surface area is 59.5 Å². The van der Waals surface area contributed by atoms with Crippen molar-refractivity contribution in [3.8, 4) is 0 Å². The maximum Gasteiger partial charge on any atom is 0.332 e. The quantitative estimate of drug-likeness (QED) is 0.457. The number of rotatable bonds is 3. The van der Waals surface area contributed by atoms with Crippen LogP contribution in [0, 0.1) is 0 Å². The van der Waals surface area contributed by atoms with Crippen LogP contribution in [-0.4, -0.2) is 23.7 Å². The molecule has 0 aliphatic rings. The maximum absolute atomic E-state index is 10.3. The standard InChI is InChI=1S/C6H12N2O2/c1-2-4(6(9)10)5(8)3-7/h2,5H,3,7-8H2,1H3,(H,9,10). The molecule has 0 amide bonds. The first-order valence-electron chi connectivity index (χ1n) is 2.98. The van der Waals surface area contributed by atoms with Crippen molar-refractivity contribution in [1.82, 2.24) is 0 Å². The predicted molar refractivity (Wildman–Crippen MR) is 38.4 cm³/mol. The van der Waals surface area contributed by atoms with Gasteiger partial charge >= 0.3 is 5.97 Å². The second-order valence-electron chi connectivity index (χ2n) is 1.89. The van der Waals surface area contributed by atoms with E-state index in [1.165, 1.54) is 6.08 Å². The fourth-order valence-corrected chi connectivity index (χ4v) is 0.623. The molecule has 0 fully saturated rings. The van der Waals surface area contributed by atoms with Crippen LogP contribution in [0.2, 0.25) is 0 Å². The zero-order valence-electron chi connectivity index (χ0n) is 5.87. The van der Waals surface area contributed by atoms with E-state index >= 15 is 0 Å². The molecule has 4 heteroatoms. The summed E-state index contributed by atoms with van der Waals surface area (Å²) in [5.41, 5.74) is 10.7. The minimum atomic E-state index is -1.000. The predicted octanol–water partition coefficient (Wildman–Crippen LogP) is -0.697. The number of hydrogen-bond acceptors (Lipinski definition) is 3. The summed E-state index contributed by atoms with van der Waals surface area (Å²) >= 11 is 0. The molecule has 1 unspecified atom stereocenters. The van der Waals surface area contributed by atoms with Crippen molar-refractivity contribution in [3.63, 3.8) is 0 Å². The normalized spacial score (nSPS) is 14.9. The second-order valence-corrected chi connectivity index (χ2v) is 1.89. The molecular formula is C6H12N2O2. The highest BCUT2D eigenvalue weighted by molar-refractivity contribution is 5.87. The highest BCUT2D eigenvalue weighted by Gasteiger charge is 2.12. The van der Waals surface area contributed by atoms with Gasteiger partial charge in [0, 0.05) is 12.6 Å². The molecule has 0 saturated carbocycles. The van der Waals surface area contributed by atoms with Crippen molar-refractivity contribution in [1.29, 1.82) is 0 Å². The van der Waals surface area contributed by atoms with Gasteiger partial charge in [-0.1, -0.05) is 6.08 Å². The van der Waals surface area contributed by atoms with Crippen molar-refractivity contribution < 1.29 is 9.90 Å². The van der Waals surface area contributed by atoms with Gasteiger partial charge < -0.3 is 16.6 Å². The van der Waals surface area contributed by atoms with Crippen LogP contribution in [0.5, 0.6) is 0 Å². The Kier molecular flexibility index (Phi) is 3.68. The smallest absolute Gasteiger partial charge is 0.332 e. The fourth-order valence-electron chi connectivity index (χ4n) is 0.623. The molecule has 0 saturated heterocycles. The van der Waals surface area contributed by atoms with Gasteiger partial charge in [0.25, 0.3) is 0 Å². The number of nitrogens with two attached hydrogens (primary N) is 2. The average Bonchev–Trinajstić information content (AvgIpc) is 1.88. The number of carboxylic acid groups (broad SMARTS) is 1. The molecule has 0 aliphatic heterocycles. The number of carboxylic acids is 1. The minimum Gasteiger partial charge on any atom is -0.478 e. The number of carbonyl (C=O) groups is 1. The minimum absolute atomic E-state index is 0.159. The third kappa shape index (κ3) is 2.16. The highest BCUT2D eigenvalue weighted by Crippen LogP contribution is 1.97. The molecule has 0 radical (unpaired) electrons. The summed E-state index contributed by atoms with van der Waals surface area (Å²) in [6, 6.07) is -0.553. The van der Waals surface area contributed by atoms with Crippen LogP contribution in [0.1, 0.15) is 6.92 Å². The molecule has 0 aliphatic carbocycles. The first-order chi connectivity index (χ1) is 4.63. The number of aliphatic carboxylic acids is 1. The Morgan fingerprint density at radius 1 is 1.80 bits per heavy atom. The van der Waals surface area contributed by atoms with E-state index in [-0.39, 0.29) is 12.1 Å². The van der Waals surface area contributed by atoms with E-state index in [1.54, 1.807) is 6.92 Å². The Morgan fingerprint density at radius 2 is 2.30 bits per heavy atom. The highest BCUT2D eigenvalue weighted by atomic mass is 16.4. The lowest BCUT2D eigenvalue weighted by Crippen LogP contribution is -2.34. The molecule has 0 spiro atoms. The monoisotopic (exact) mass is 144 g/mol. The maximum atomic E-state index is 10.3. The molecule has 0 heterocycles. The SMILES string of the molecule is CC=C(C(=O)O)C(N)CN. The van der Waals surface area contributed by atoms with Crippen LogP contribution < -0.4 is 11.5 Å². The topological polar surface area (TPSA) is 89.3 Å². The summed E-state index contributed by atoms with van der Waals surface area (Å²) in [5.74, 6) is -1.000. The van der Waals surface area contributed by atoms with Crippen LogP contribution in [0.3, 0.4) is 0 Å². The van der Waals surface area contributed by atoms with Gasteiger partial charge in [-0.15, -0.1) is 0 Å². The van der Waals surface area contributed by atoms with Crippen molar-refractivity contribution in [2.24, 2.45) is 11.5 Å². The molecule has 0 aromatic rings. The fraction of sp³-hybridized carbons (Fsp3) is 0.500. The average molecular weight is 144 g/mol. The van der Waals surface area contributed by atoms with Gasteiger partial charge in [0.05, 0.1) is 5.57 Å². The molecule has 5 N–H and O–H groups in total. The molecule has 1 atom stereocenters. The summed E-state index contributed by atoms with van der Waals surface area (Å²) in [6.07, 6.45) is 1.46. The molecule has 4 nitrogen and oxygen atoms in total. The van der Waals surface area contributed by atoms with Gasteiger partial charge in [-0.25, -0.2) is 4.79 Å². The lowest BCUT2D eigenvalue weighted by Gasteiger charge is -2.07. The molecule has 10 heavy (non-hydrogen) atoms. The largest absolute Gasteiger partial charge is 0.478 e. The summed E-state index contributed by atoms with van der Waals surface area (Å²) in [5, 5.41) is 8.47. The Hall–Kier alpha value is -0.870. The molecule has 0 aromatic carbocycles. The van der Waals surface area contributed by atoms with Crippen molar-refractivity contribution in [2.75, 3.05) is 6.54 Å². The van der Waals surface area contributed by atoms with Crippen molar-refractivity contribution >= 4 is 5.97 Å². The molecule has 0 rings (SSSR count). The molecule has 0 aromatic heterocycles. The lowest BCUT2D eigenvalue weighted by molar-refractivity contribution is -0.132. The Balaban J connectivity index is 4.23. The van der Waals surface area contributed by atoms with E-state index in [2.05, 4.69) is 0 Å². The van der Waals surface area contributed by atoms with Gasteiger partial charge in [-0.2, -0.15) is 0 Å². The van der Waals surface area contributed by atoms with Crippen LogP contribution in [-0.2, 0) is 4.79 Å². The van der Waals surface area contributed by atoms with Crippen LogP contribution in [0.4, 0.5) is 0 Å². The van der Waals surface area contributed by atoms with Gasteiger partial charge in [0.2, 0.25) is 0 Å². The van der Waals surface area contributed by atoms with Gasteiger partial charge in [0.15, 0.2) is 0 Å². The van der Waals surface area contributed by atoms with E-state index < -0.39 is 12.0 Å². The van der Waals surface area contributed by atoms with Crippen LogP contribution in [0.15, 0.2) is 11.6 Å². The van der Waals surface area contributed by atoms with Crippen LogP contribution >= 0.6 is 0 Å². The third-order valence-corrected chi connectivity index (χ3v) is 1.21. The van der Waals surface area contributed by atoms with Crippen molar-refractivity contribution in [2.45, 2.75) is 13.0 Å². The zero-order chi connectivity index (χ0) is 8.15. The lowest BCUT2D eigenvalue weighted by atomic mass is 10.1. The molecule has 0 bridgehead atoms. The summed E-state index contributed by atoms with van der Waals surface area (Å²) in [4.78, 5) is 10.3.